The lowest BCUT2D eigenvalue weighted by molar-refractivity contribution is 0.0935. The van der Waals surface area contributed by atoms with Gasteiger partial charge in [0.1, 0.15) is 0 Å². The lowest BCUT2D eigenvalue weighted by Gasteiger charge is -2.19. The summed E-state index contributed by atoms with van der Waals surface area (Å²) >= 11 is 3.03. The minimum Gasteiger partial charge on any atom is -0.388 e. The summed E-state index contributed by atoms with van der Waals surface area (Å²) < 4.78 is 26.9. The van der Waals surface area contributed by atoms with Crippen LogP contribution in [0.5, 0.6) is 0 Å². The van der Waals surface area contributed by atoms with Crippen LogP contribution in [0.1, 0.15) is 72.9 Å². The molecule has 0 aromatic carbocycles. The molecule has 0 radical (unpaired) electrons. The van der Waals surface area contributed by atoms with Crippen molar-refractivity contribution in [3.05, 3.63) is 16.0 Å². The molecule has 1 aromatic heterocycles. The fourth-order valence-corrected chi connectivity index (χ4v) is 5.95. The summed E-state index contributed by atoms with van der Waals surface area (Å²) in [6.07, 6.45) is 6.44. The predicted octanol–water partition coefficient (Wildman–Crippen LogP) is 2.57. The number of fused-ring (bicyclic) bond motifs is 1. The number of aliphatic hydroxyl groups is 1. The molecule has 10 heteroatoms. The standard InChI is InChI=1S/C18H31N3O4S3/c1-12(2)28(24,25)20-11-6-4-5-10-19-21-17(23)16-13-8-7-9-14(22)15(13)18(26-3)27-16/h12,14,19-20,22H,4-11H2,1-3H3,(H,21,23). The zero-order valence-corrected chi connectivity index (χ0v) is 19.2. The average Bonchev–Trinajstić information content (AvgIpc) is 3.03. The molecule has 0 spiro atoms. The number of carbonyl (C=O) groups excluding carboxylic acids is 1. The van der Waals surface area contributed by atoms with Crippen molar-refractivity contribution in [3.8, 4) is 0 Å². The Morgan fingerprint density at radius 1 is 1.29 bits per heavy atom. The van der Waals surface area contributed by atoms with E-state index in [4.69, 9.17) is 0 Å². The number of hydrazine groups is 1. The van der Waals surface area contributed by atoms with Gasteiger partial charge in [0.25, 0.3) is 5.91 Å². The summed E-state index contributed by atoms with van der Waals surface area (Å²) in [7, 11) is -3.19. The van der Waals surface area contributed by atoms with E-state index in [0.29, 0.717) is 18.0 Å². The second kappa shape index (κ2) is 10.9. The molecule has 0 saturated heterocycles. The second-order valence-electron chi connectivity index (χ2n) is 7.15. The zero-order chi connectivity index (χ0) is 20.7. The molecule has 1 amide bonds. The minimum absolute atomic E-state index is 0.152. The van der Waals surface area contributed by atoms with E-state index in [2.05, 4.69) is 15.6 Å². The van der Waals surface area contributed by atoms with Crippen LogP contribution in [0.2, 0.25) is 0 Å². The van der Waals surface area contributed by atoms with Crippen LogP contribution in [0.3, 0.4) is 0 Å². The first-order chi connectivity index (χ1) is 13.3. The predicted molar refractivity (Wildman–Crippen MR) is 115 cm³/mol. The van der Waals surface area contributed by atoms with Crippen molar-refractivity contribution < 1.29 is 18.3 Å². The lowest BCUT2D eigenvalue weighted by Crippen LogP contribution is -2.38. The maximum absolute atomic E-state index is 12.5. The maximum atomic E-state index is 12.5. The highest BCUT2D eigenvalue weighted by molar-refractivity contribution is 8.00. The number of hydrogen-bond acceptors (Lipinski definition) is 7. The Hall–Kier alpha value is -0.650. The molecular formula is C18H31N3O4S3. The Kier molecular flexibility index (Phi) is 9.23. The summed E-state index contributed by atoms with van der Waals surface area (Å²) in [6.45, 7) is 4.37. The Labute approximate surface area is 176 Å². The van der Waals surface area contributed by atoms with Crippen LogP contribution >= 0.6 is 23.1 Å². The van der Waals surface area contributed by atoms with Gasteiger partial charge in [0.15, 0.2) is 0 Å². The highest BCUT2D eigenvalue weighted by Gasteiger charge is 2.29. The molecule has 2 rings (SSSR count). The van der Waals surface area contributed by atoms with Gasteiger partial charge in [0.2, 0.25) is 10.0 Å². The van der Waals surface area contributed by atoms with E-state index in [1.807, 2.05) is 6.26 Å². The molecule has 7 nitrogen and oxygen atoms in total. The SMILES string of the molecule is CSc1sc(C(=O)NNCCCCCNS(=O)(=O)C(C)C)c2c1C(O)CCC2. The van der Waals surface area contributed by atoms with Gasteiger partial charge in [0.05, 0.1) is 20.4 Å². The summed E-state index contributed by atoms with van der Waals surface area (Å²) in [5, 5.41) is 9.85. The monoisotopic (exact) mass is 449 g/mol. The Bertz CT molecular complexity index is 762. The minimum atomic E-state index is -3.19. The molecule has 0 saturated carbocycles. The highest BCUT2D eigenvalue weighted by atomic mass is 32.2. The van der Waals surface area contributed by atoms with E-state index < -0.39 is 21.4 Å². The molecule has 1 aliphatic carbocycles. The normalized spacial score (nSPS) is 17.0. The van der Waals surface area contributed by atoms with Gasteiger partial charge in [-0.25, -0.2) is 18.6 Å². The van der Waals surface area contributed by atoms with Crippen molar-refractivity contribution in [3.63, 3.8) is 0 Å². The van der Waals surface area contributed by atoms with E-state index in [0.717, 1.165) is 53.9 Å². The van der Waals surface area contributed by atoms with Gasteiger partial charge in [-0.05, 0) is 57.8 Å². The van der Waals surface area contributed by atoms with Gasteiger partial charge in [-0.1, -0.05) is 6.42 Å². The smallest absolute Gasteiger partial charge is 0.275 e. The number of rotatable bonds is 11. The van der Waals surface area contributed by atoms with E-state index >= 15 is 0 Å². The van der Waals surface area contributed by atoms with Gasteiger partial charge in [-0.3, -0.25) is 10.2 Å². The van der Waals surface area contributed by atoms with Gasteiger partial charge in [0, 0.05) is 18.7 Å². The van der Waals surface area contributed by atoms with Crippen LogP contribution in [-0.4, -0.2) is 44.0 Å². The van der Waals surface area contributed by atoms with E-state index in [-0.39, 0.29) is 5.91 Å². The molecule has 1 unspecified atom stereocenters. The number of nitrogens with one attached hydrogen (secondary N) is 3. The van der Waals surface area contributed by atoms with Crippen LogP contribution in [-0.2, 0) is 16.4 Å². The number of carbonyl (C=O) groups is 1. The first-order valence-corrected chi connectivity index (χ1v) is 13.3. The van der Waals surface area contributed by atoms with Crippen molar-refractivity contribution >= 4 is 39.0 Å². The molecule has 1 aliphatic rings. The molecule has 0 aliphatic heterocycles. The van der Waals surface area contributed by atoms with Crippen molar-refractivity contribution in [2.75, 3.05) is 19.3 Å². The highest BCUT2D eigenvalue weighted by Crippen LogP contribution is 2.43. The number of amides is 1. The van der Waals surface area contributed by atoms with E-state index in [1.54, 1.807) is 25.6 Å². The van der Waals surface area contributed by atoms with Crippen molar-refractivity contribution in [2.24, 2.45) is 0 Å². The summed E-state index contributed by atoms with van der Waals surface area (Å²) in [5.74, 6) is -0.152. The number of thiophene rings is 1. The van der Waals surface area contributed by atoms with Crippen molar-refractivity contribution in [2.45, 2.75) is 67.9 Å². The first-order valence-electron chi connectivity index (χ1n) is 9.67. The van der Waals surface area contributed by atoms with E-state index in [1.165, 1.54) is 11.3 Å². The zero-order valence-electron chi connectivity index (χ0n) is 16.7. The molecule has 160 valence electrons. The van der Waals surface area contributed by atoms with E-state index in [9.17, 15) is 18.3 Å². The summed E-state index contributed by atoms with van der Waals surface area (Å²) in [5.41, 5.74) is 7.64. The first kappa shape index (κ1) is 23.6. The third-order valence-corrected chi connectivity index (χ3v) is 8.98. The van der Waals surface area contributed by atoms with Gasteiger partial charge < -0.3 is 5.11 Å². The quantitative estimate of drug-likeness (QED) is 0.235. The second-order valence-corrected chi connectivity index (χ2v) is 11.6. The summed E-state index contributed by atoms with van der Waals surface area (Å²) in [4.78, 5) is 13.2. The number of hydrogen-bond donors (Lipinski definition) is 4. The Balaban J connectivity index is 1.71. The Morgan fingerprint density at radius 3 is 2.68 bits per heavy atom. The van der Waals surface area contributed by atoms with Gasteiger partial charge in [-0.15, -0.1) is 23.1 Å². The van der Waals surface area contributed by atoms with Crippen LogP contribution in [0, 0.1) is 0 Å². The maximum Gasteiger partial charge on any atom is 0.275 e. The molecule has 1 heterocycles. The molecule has 28 heavy (non-hydrogen) atoms. The molecule has 4 N–H and O–H groups in total. The van der Waals surface area contributed by atoms with Crippen LogP contribution in [0.25, 0.3) is 0 Å². The fraction of sp³-hybridized carbons (Fsp3) is 0.722. The van der Waals surface area contributed by atoms with Crippen LogP contribution < -0.4 is 15.6 Å². The van der Waals surface area contributed by atoms with Crippen LogP contribution in [0.4, 0.5) is 0 Å². The third-order valence-electron chi connectivity index (χ3n) is 4.75. The lowest BCUT2D eigenvalue weighted by atomic mass is 9.91. The number of unbranched alkanes of at least 4 members (excludes halogenated alkanes) is 2. The molecule has 1 aromatic rings. The number of sulfonamides is 1. The molecule has 1 atom stereocenters. The molecular weight excluding hydrogens is 418 g/mol. The third kappa shape index (κ3) is 6.17. The van der Waals surface area contributed by atoms with Crippen molar-refractivity contribution in [1.82, 2.24) is 15.6 Å². The summed E-state index contributed by atoms with van der Waals surface area (Å²) in [6, 6.07) is 0. The molecule has 0 fully saturated rings. The average molecular weight is 450 g/mol. The number of thioether (sulfide) groups is 1. The molecule has 0 bridgehead atoms. The van der Waals surface area contributed by atoms with Gasteiger partial charge >= 0.3 is 0 Å². The van der Waals surface area contributed by atoms with Gasteiger partial charge in [-0.2, -0.15) is 0 Å². The van der Waals surface area contributed by atoms with Crippen LogP contribution in [0.15, 0.2) is 4.21 Å². The Morgan fingerprint density at radius 2 is 2.00 bits per heavy atom. The topological polar surface area (TPSA) is 108 Å². The fourth-order valence-electron chi connectivity index (χ4n) is 3.09. The van der Waals surface area contributed by atoms with Crippen molar-refractivity contribution in [1.29, 1.82) is 0 Å². The number of aliphatic hydroxyl groups excluding tert-OH is 1. The largest absolute Gasteiger partial charge is 0.388 e.